The number of hydrogen-bond donors (Lipinski definition) is 0. The Hall–Kier alpha value is -1.39. The van der Waals surface area contributed by atoms with E-state index in [0.29, 0.717) is 12.0 Å². The zero-order valence-electron chi connectivity index (χ0n) is 6.43. The van der Waals surface area contributed by atoms with Gasteiger partial charge in [0, 0.05) is 17.5 Å². The number of pyridine rings is 1. The minimum absolute atomic E-state index is 0.0639. The molecule has 1 aromatic heterocycles. The maximum atomic E-state index is 10.0. The van der Waals surface area contributed by atoms with Crippen LogP contribution in [0.25, 0.3) is 0 Å². The van der Waals surface area contributed by atoms with Crippen LogP contribution in [0, 0.1) is 10.1 Å². The van der Waals surface area contributed by atoms with Crippen molar-refractivity contribution in [1.29, 1.82) is 0 Å². The van der Waals surface area contributed by atoms with Crippen molar-refractivity contribution in [3.8, 4) is 0 Å². The van der Waals surface area contributed by atoms with E-state index >= 15 is 0 Å². The van der Waals surface area contributed by atoms with Gasteiger partial charge in [-0.25, -0.2) is 0 Å². The van der Waals surface area contributed by atoms with Gasteiger partial charge in [-0.15, -0.1) is 0 Å². The van der Waals surface area contributed by atoms with Crippen molar-refractivity contribution in [2.45, 2.75) is 6.42 Å². The largest absolute Gasteiger partial charge is 0.273 e. The van der Waals surface area contributed by atoms with Gasteiger partial charge in [0.2, 0.25) is 6.54 Å². The zero-order chi connectivity index (χ0) is 8.97. The van der Waals surface area contributed by atoms with Crippen LogP contribution in [0.3, 0.4) is 0 Å². The van der Waals surface area contributed by atoms with E-state index in [9.17, 15) is 10.1 Å². The minimum Gasteiger partial charge on any atom is -0.273 e. The minimum atomic E-state index is -0.351. The smallest absolute Gasteiger partial charge is 0.207 e. The molecule has 0 aliphatic carbocycles. The molecule has 0 saturated carbocycles. The lowest BCUT2D eigenvalue weighted by molar-refractivity contribution is -0.479. The van der Waals surface area contributed by atoms with Crippen molar-refractivity contribution in [2.24, 2.45) is 0 Å². The molecule has 1 rings (SSSR count). The Morgan fingerprint density at radius 2 is 2.33 bits per heavy atom. The van der Waals surface area contributed by atoms with Crippen LogP contribution in [-0.4, -0.2) is 24.3 Å². The van der Waals surface area contributed by atoms with Gasteiger partial charge in [0.1, 0.15) is 7.85 Å². The zero-order valence-corrected chi connectivity index (χ0v) is 6.43. The molecular formula is C7H7BN2O2. The fourth-order valence-corrected chi connectivity index (χ4v) is 0.804. The number of aromatic nitrogens is 1. The lowest BCUT2D eigenvalue weighted by Crippen LogP contribution is -2.09. The lowest BCUT2D eigenvalue weighted by Gasteiger charge is -1.96. The van der Waals surface area contributed by atoms with Crippen LogP contribution in [-0.2, 0) is 6.42 Å². The standard InChI is InChI=1S/C7H7BN2O2/c8-7-2-1-6(5-9-7)3-4-10(11)12/h1-2,5H,3-4H2. The van der Waals surface area contributed by atoms with E-state index in [2.05, 4.69) is 4.98 Å². The fourth-order valence-electron chi connectivity index (χ4n) is 0.804. The third kappa shape index (κ3) is 2.69. The van der Waals surface area contributed by atoms with Crippen molar-refractivity contribution in [2.75, 3.05) is 6.54 Å². The highest BCUT2D eigenvalue weighted by molar-refractivity contribution is 6.30. The summed E-state index contributed by atoms with van der Waals surface area (Å²) in [7, 11) is 5.34. The highest BCUT2D eigenvalue weighted by Crippen LogP contribution is 1.94. The average molecular weight is 162 g/mol. The first-order valence-electron chi connectivity index (χ1n) is 3.50. The van der Waals surface area contributed by atoms with Crippen LogP contribution >= 0.6 is 0 Å². The molecule has 60 valence electrons. The predicted octanol–water partition coefficient (Wildman–Crippen LogP) is -0.305. The highest BCUT2D eigenvalue weighted by atomic mass is 16.6. The van der Waals surface area contributed by atoms with E-state index in [1.165, 1.54) is 0 Å². The summed E-state index contributed by atoms with van der Waals surface area (Å²) in [5, 5.41) is 10.0. The van der Waals surface area contributed by atoms with Crippen molar-refractivity contribution in [3.63, 3.8) is 0 Å². The quantitative estimate of drug-likeness (QED) is 0.348. The van der Waals surface area contributed by atoms with Gasteiger partial charge < -0.3 is 0 Å². The molecule has 5 heteroatoms. The van der Waals surface area contributed by atoms with E-state index in [1.54, 1.807) is 18.3 Å². The Balaban J connectivity index is 2.53. The summed E-state index contributed by atoms with van der Waals surface area (Å²) in [6, 6.07) is 3.38. The summed E-state index contributed by atoms with van der Waals surface area (Å²) in [6.45, 7) is -0.0639. The van der Waals surface area contributed by atoms with Crippen LogP contribution in [0.15, 0.2) is 18.3 Å². The predicted molar refractivity (Wildman–Crippen MR) is 45.2 cm³/mol. The molecule has 4 nitrogen and oxygen atoms in total. The second-order valence-corrected chi connectivity index (χ2v) is 2.40. The van der Waals surface area contributed by atoms with E-state index in [1.807, 2.05) is 0 Å². The van der Waals surface area contributed by atoms with Crippen molar-refractivity contribution < 1.29 is 4.92 Å². The molecule has 0 saturated heterocycles. The lowest BCUT2D eigenvalue weighted by atomic mass is 10.0. The number of nitro groups is 1. The summed E-state index contributed by atoms with van der Waals surface area (Å²) in [5.74, 6) is 0. The second kappa shape index (κ2) is 3.85. The van der Waals surface area contributed by atoms with E-state index in [0.717, 1.165) is 5.56 Å². The third-order valence-electron chi connectivity index (χ3n) is 1.43. The molecule has 0 aliphatic heterocycles. The number of nitrogens with zero attached hydrogens (tertiary/aromatic N) is 2. The Morgan fingerprint density at radius 3 is 2.83 bits per heavy atom. The molecule has 12 heavy (non-hydrogen) atoms. The maximum Gasteiger partial charge on any atom is 0.207 e. The molecule has 0 unspecified atom stereocenters. The molecule has 0 atom stereocenters. The first kappa shape index (κ1) is 8.71. The van der Waals surface area contributed by atoms with E-state index in [-0.39, 0.29) is 11.5 Å². The van der Waals surface area contributed by atoms with Gasteiger partial charge in [0.15, 0.2) is 0 Å². The average Bonchev–Trinajstić information content (AvgIpc) is 2.03. The molecule has 0 aliphatic rings. The van der Waals surface area contributed by atoms with Crippen LogP contribution < -0.4 is 5.59 Å². The van der Waals surface area contributed by atoms with Crippen molar-refractivity contribution >= 4 is 13.4 Å². The van der Waals surface area contributed by atoms with Gasteiger partial charge in [-0.2, -0.15) is 0 Å². The molecule has 1 aromatic rings. The molecule has 0 aromatic carbocycles. The molecule has 0 spiro atoms. The van der Waals surface area contributed by atoms with E-state index < -0.39 is 0 Å². The number of hydrogen-bond acceptors (Lipinski definition) is 3. The van der Waals surface area contributed by atoms with Gasteiger partial charge in [0.25, 0.3) is 0 Å². The molecule has 0 fully saturated rings. The Morgan fingerprint density at radius 1 is 1.58 bits per heavy atom. The summed E-state index contributed by atoms with van der Waals surface area (Å²) in [4.78, 5) is 13.5. The third-order valence-corrected chi connectivity index (χ3v) is 1.43. The summed E-state index contributed by atoms with van der Waals surface area (Å²) in [5.41, 5.74) is 1.26. The van der Waals surface area contributed by atoms with Gasteiger partial charge in [0.05, 0.1) is 0 Å². The van der Waals surface area contributed by atoms with Crippen LogP contribution in [0.2, 0.25) is 0 Å². The molecular weight excluding hydrogens is 155 g/mol. The molecule has 0 amide bonds. The van der Waals surface area contributed by atoms with Crippen LogP contribution in [0.4, 0.5) is 0 Å². The van der Waals surface area contributed by atoms with E-state index in [4.69, 9.17) is 7.85 Å². The first-order valence-corrected chi connectivity index (χ1v) is 3.50. The van der Waals surface area contributed by atoms with Crippen LogP contribution in [0.5, 0.6) is 0 Å². The highest BCUT2D eigenvalue weighted by Gasteiger charge is 1.98. The Bertz CT molecular complexity index is 273. The topological polar surface area (TPSA) is 56.0 Å². The first-order chi connectivity index (χ1) is 5.68. The van der Waals surface area contributed by atoms with Crippen molar-refractivity contribution in [3.05, 3.63) is 34.0 Å². The van der Waals surface area contributed by atoms with Crippen molar-refractivity contribution in [1.82, 2.24) is 4.98 Å². The SMILES string of the molecule is [B]c1ccc(CC[N+](=O)[O-])cn1. The van der Waals surface area contributed by atoms with Gasteiger partial charge in [-0.05, 0) is 11.2 Å². The Labute approximate surface area is 71.2 Å². The maximum absolute atomic E-state index is 10.0. The molecule has 2 radical (unpaired) electrons. The molecule has 1 heterocycles. The van der Waals surface area contributed by atoms with Crippen LogP contribution in [0.1, 0.15) is 5.56 Å². The molecule has 0 N–H and O–H groups in total. The summed E-state index contributed by atoms with van der Waals surface area (Å²) in [6.07, 6.45) is 1.96. The van der Waals surface area contributed by atoms with Gasteiger partial charge >= 0.3 is 0 Å². The fraction of sp³-hybridized carbons (Fsp3) is 0.286. The molecule has 0 bridgehead atoms. The summed E-state index contributed by atoms with van der Waals surface area (Å²) >= 11 is 0. The van der Waals surface area contributed by atoms with Gasteiger partial charge in [-0.3, -0.25) is 15.1 Å². The second-order valence-electron chi connectivity index (χ2n) is 2.40. The normalized spacial score (nSPS) is 9.67. The monoisotopic (exact) mass is 162 g/mol. The number of rotatable bonds is 3. The summed E-state index contributed by atoms with van der Waals surface area (Å²) < 4.78 is 0. The Kier molecular flexibility index (Phi) is 2.79. The van der Waals surface area contributed by atoms with Gasteiger partial charge in [-0.1, -0.05) is 12.1 Å².